The van der Waals surface area contributed by atoms with Gasteiger partial charge in [0.15, 0.2) is 0 Å². The van der Waals surface area contributed by atoms with Gasteiger partial charge in [0.1, 0.15) is 23.7 Å². The van der Waals surface area contributed by atoms with Crippen LogP contribution in [0.25, 0.3) is 0 Å². The van der Waals surface area contributed by atoms with E-state index in [1.165, 1.54) is 0 Å². The van der Waals surface area contributed by atoms with Crippen LogP contribution in [0.4, 0.5) is 0 Å². The fourth-order valence-corrected chi connectivity index (χ4v) is 6.34. The molecule has 0 amide bonds. The van der Waals surface area contributed by atoms with Gasteiger partial charge < -0.3 is 23.7 Å². The van der Waals surface area contributed by atoms with Crippen LogP contribution in [0.1, 0.15) is 22.3 Å². The second kappa shape index (κ2) is 15.9. The van der Waals surface area contributed by atoms with Crippen molar-refractivity contribution in [2.24, 2.45) is 0 Å². The molecular weight excluding hydrogens is 532 g/mol. The summed E-state index contributed by atoms with van der Waals surface area (Å²) in [5.41, 5.74) is 4.20. The van der Waals surface area contributed by atoms with E-state index in [2.05, 4.69) is 48.5 Å². The Morgan fingerprint density at radius 1 is 0.488 bits per heavy atom. The Morgan fingerprint density at radius 3 is 1.32 bits per heavy atom. The molecule has 1 saturated heterocycles. The van der Waals surface area contributed by atoms with E-state index in [0.717, 1.165) is 22.3 Å². The van der Waals surface area contributed by atoms with Gasteiger partial charge in [-0.25, -0.2) is 0 Å². The lowest BCUT2D eigenvalue weighted by atomic mass is 10.0. The first-order valence-electron chi connectivity index (χ1n) is 14.1. The van der Waals surface area contributed by atoms with Crippen LogP contribution < -0.4 is 0 Å². The van der Waals surface area contributed by atoms with Gasteiger partial charge in [0, 0.05) is 7.11 Å². The molecule has 0 spiro atoms. The van der Waals surface area contributed by atoms with Crippen molar-refractivity contribution in [3.05, 3.63) is 144 Å². The fraction of sp³-hybridized carbons (Fsp3) is 0.314. The van der Waals surface area contributed by atoms with Gasteiger partial charge in [0.2, 0.25) is 0 Å². The zero-order chi connectivity index (χ0) is 28.1. The van der Waals surface area contributed by atoms with Gasteiger partial charge in [-0.3, -0.25) is 0 Å². The molecule has 0 radical (unpaired) electrons. The van der Waals surface area contributed by atoms with E-state index in [0.29, 0.717) is 33.0 Å². The number of thioether (sulfide) groups is 1. The largest absolute Gasteiger partial charge is 0.376 e. The second-order valence-electron chi connectivity index (χ2n) is 10.1. The van der Waals surface area contributed by atoms with E-state index in [4.69, 9.17) is 23.7 Å². The van der Waals surface area contributed by atoms with Gasteiger partial charge in [-0.05, 0) is 22.3 Å². The van der Waals surface area contributed by atoms with E-state index >= 15 is 0 Å². The molecule has 5 atom stereocenters. The summed E-state index contributed by atoms with van der Waals surface area (Å²) in [5.74, 6) is 0. The van der Waals surface area contributed by atoms with Crippen molar-refractivity contribution in [1.82, 2.24) is 0 Å². The van der Waals surface area contributed by atoms with Crippen LogP contribution >= 0.6 is 11.8 Å². The van der Waals surface area contributed by atoms with E-state index in [-0.39, 0.29) is 29.0 Å². The highest BCUT2D eigenvalue weighted by atomic mass is 32.2. The fourth-order valence-electron chi connectivity index (χ4n) is 4.94. The molecule has 214 valence electrons. The first-order chi connectivity index (χ1) is 20.3. The molecule has 0 N–H and O–H groups in total. The number of hydrogen-bond acceptors (Lipinski definition) is 6. The molecule has 5 rings (SSSR count). The quantitative estimate of drug-likeness (QED) is 0.162. The molecule has 41 heavy (non-hydrogen) atoms. The maximum Gasteiger partial charge on any atom is 0.132 e. The standard InChI is InChI=1S/C35H38O5S/c1-36-35-34(40-25-30-20-12-5-13-21-30)33(39-24-29-18-10-4-11-19-29)32(38-23-28-16-8-3-9-17-28)31(41-35)26-37-22-27-14-6-2-7-15-27/h2-21,31-35H,22-26H2,1H3/t31-,32-,33+,34-,35?/m1/s1. The average Bonchev–Trinajstić information content (AvgIpc) is 3.04. The van der Waals surface area contributed by atoms with Crippen LogP contribution in [0.2, 0.25) is 0 Å². The molecule has 0 saturated carbocycles. The summed E-state index contributed by atoms with van der Waals surface area (Å²) in [7, 11) is 1.73. The number of hydrogen-bond donors (Lipinski definition) is 0. The molecule has 5 nitrogen and oxygen atoms in total. The summed E-state index contributed by atoms with van der Waals surface area (Å²) in [5, 5.41) is -0.0234. The third kappa shape index (κ3) is 8.76. The van der Waals surface area contributed by atoms with E-state index in [1.54, 1.807) is 18.9 Å². The molecule has 6 heteroatoms. The van der Waals surface area contributed by atoms with Crippen molar-refractivity contribution < 1.29 is 23.7 Å². The van der Waals surface area contributed by atoms with Crippen molar-refractivity contribution in [2.75, 3.05) is 13.7 Å². The Kier molecular flexibility index (Phi) is 11.4. The maximum atomic E-state index is 6.70. The van der Waals surface area contributed by atoms with Gasteiger partial charge in [0.25, 0.3) is 0 Å². The topological polar surface area (TPSA) is 46.2 Å². The Morgan fingerprint density at radius 2 is 0.878 bits per heavy atom. The van der Waals surface area contributed by atoms with Crippen molar-refractivity contribution in [3.8, 4) is 0 Å². The minimum absolute atomic E-state index is 0.0234. The smallest absolute Gasteiger partial charge is 0.132 e. The highest BCUT2D eigenvalue weighted by molar-refractivity contribution is 8.00. The predicted octanol–water partition coefficient (Wildman–Crippen LogP) is 7.05. The lowest BCUT2D eigenvalue weighted by molar-refractivity contribution is -0.179. The molecule has 0 aliphatic carbocycles. The van der Waals surface area contributed by atoms with Crippen LogP contribution in [0.3, 0.4) is 0 Å². The van der Waals surface area contributed by atoms with Gasteiger partial charge >= 0.3 is 0 Å². The molecule has 1 unspecified atom stereocenters. The van der Waals surface area contributed by atoms with Crippen LogP contribution in [0.5, 0.6) is 0 Å². The van der Waals surface area contributed by atoms with Gasteiger partial charge in [0.05, 0.1) is 38.3 Å². The molecule has 1 aliphatic rings. The van der Waals surface area contributed by atoms with E-state index in [1.807, 2.05) is 72.8 Å². The molecule has 1 aliphatic heterocycles. The minimum Gasteiger partial charge on any atom is -0.376 e. The van der Waals surface area contributed by atoms with Gasteiger partial charge in [-0.15, -0.1) is 11.8 Å². The number of ether oxygens (including phenoxy) is 5. The molecule has 4 aromatic rings. The highest BCUT2D eigenvalue weighted by Crippen LogP contribution is 2.39. The normalized spacial score (nSPS) is 22.4. The van der Waals surface area contributed by atoms with Gasteiger partial charge in [-0.1, -0.05) is 121 Å². The van der Waals surface area contributed by atoms with Crippen molar-refractivity contribution in [2.45, 2.75) is 55.4 Å². The van der Waals surface area contributed by atoms with E-state index < -0.39 is 0 Å². The molecule has 4 aromatic carbocycles. The number of benzene rings is 4. The Bertz CT molecular complexity index is 1260. The minimum atomic E-state index is -0.376. The zero-order valence-electron chi connectivity index (χ0n) is 23.4. The zero-order valence-corrected chi connectivity index (χ0v) is 24.2. The number of methoxy groups -OCH3 is 1. The molecular formula is C35H38O5S. The summed E-state index contributed by atoms with van der Waals surface area (Å²) in [6.07, 6.45) is -1.01. The van der Waals surface area contributed by atoms with Crippen molar-refractivity contribution >= 4 is 11.8 Å². The predicted molar refractivity (Wildman–Crippen MR) is 163 cm³/mol. The Labute approximate surface area is 247 Å². The van der Waals surface area contributed by atoms with E-state index in [9.17, 15) is 0 Å². The van der Waals surface area contributed by atoms with Crippen molar-refractivity contribution in [3.63, 3.8) is 0 Å². The van der Waals surface area contributed by atoms with Crippen LogP contribution in [-0.2, 0) is 50.1 Å². The van der Waals surface area contributed by atoms with Gasteiger partial charge in [-0.2, -0.15) is 0 Å². The third-order valence-corrected chi connectivity index (χ3v) is 8.56. The first-order valence-corrected chi connectivity index (χ1v) is 15.0. The molecule has 0 bridgehead atoms. The summed E-state index contributed by atoms with van der Waals surface area (Å²) in [6.45, 7) is 2.40. The average molecular weight is 571 g/mol. The molecule has 1 heterocycles. The van der Waals surface area contributed by atoms with Crippen LogP contribution in [-0.4, -0.2) is 42.7 Å². The van der Waals surface area contributed by atoms with Crippen molar-refractivity contribution in [1.29, 1.82) is 0 Å². The molecule has 1 fully saturated rings. The third-order valence-electron chi connectivity index (χ3n) is 7.07. The summed E-state index contributed by atoms with van der Waals surface area (Å²) >= 11 is 1.70. The molecule has 0 aromatic heterocycles. The van der Waals surface area contributed by atoms with Crippen LogP contribution in [0, 0.1) is 0 Å². The van der Waals surface area contributed by atoms with Crippen LogP contribution in [0.15, 0.2) is 121 Å². The summed E-state index contributed by atoms with van der Waals surface area (Å²) in [6, 6.07) is 40.9. The summed E-state index contributed by atoms with van der Waals surface area (Å²) < 4.78 is 32.3. The maximum absolute atomic E-state index is 6.70. The number of rotatable bonds is 14. The Balaban J connectivity index is 1.38. The highest BCUT2D eigenvalue weighted by Gasteiger charge is 2.48. The SMILES string of the molecule is COC1S[C@H](COCc2ccccc2)[C@@H](OCc2ccccc2)[C@H](OCc2ccccc2)[C@H]1OCc1ccccc1. The summed E-state index contributed by atoms with van der Waals surface area (Å²) in [4.78, 5) is 0. The second-order valence-corrected chi connectivity index (χ2v) is 11.4. The Hall–Kier alpha value is -2.97. The lowest BCUT2D eigenvalue weighted by Gasteiger charge is -2.45. The first kappa shape index (κ1) is 29.5. The monoisotopic (exact) mass is 570 g/mol. The lowest BCUT2D eigenvalue weighted by Crippen LogP contribution is -2.57.